The number of nitrogens with zero attached hydrogens (tertiary/aromatic N) is 1. The lowest BCUT2D eigenvalue weighted by atomic mass is 10.2. The zero-order valence-electron chi connectivity index (χ0n) is 12.6. The SMILES string of the molecule is CCC[N+]1(C)CCCC1.Cc1ccc(S(=O)(=O)[O-])cc1. The minimum atomic E-state index is -4.27. The largest absolute Gasteiger partial charge is 0.744 e. The summed E-state index contributed by atoms with van der Waals surface area (Å²) in [6, 6.07) is 5.78. The summed E-state index contributed by atoms with van der Waals surface area (Å²) in [7, 11) is -1.88. The number of likely N-dealkylation sites (tertiary alicyclic amines) is 1. The van der Waals surface area contributed by atoms with Crippen molar-refractivity contribution in [3.05, 3.63) is 29.8 Å². The molecule has 0 spiro atoms. The summed E-state index contributed by atoms with van der Waals surface area (Å²) in [4.78, 5) is -0.178. The first-order valence-electron chi connectivity index (χ1n) is 7.13. The molecule has 4 nitrogen and oxygen atoms in total. The molecule has 1 aromatic carbocycles. The predicted molar refractivity (Wildman–Crippen MR) is 79.5 cm³/mol. The lowest BCUT2D eigenvalue weighted by Gasteiger charge is -2.28. The molecule has 0 aromatic heterocycles. The summed E-state index contributed by atoms with van der Waals surface area (Å²) in [5, 5.41) is 0. The van der Waals surface area contributed by atoms with Crippen LogP contribution >= 0.6 is 0 Å². The highest BCUT2D eigenvalue weighted by Gasteiger charge is 2.24. The van der Waals surface area contributed by atoms with Crippen LogP contribution < -0.4 is 0 Å². The Bertz CT molecular complexity index is 502. The van der Waals surface area contributed by atoms with Crippen LogP contribution in [0.15, 0.2) is 29.2 Å². The lowest BCUT2D eigenvalue weighted by Crippen LogP contribution is -2.41. The van der Waals surface area contributed by atoms with E-state index in [0.717, 1.165) is 5.56 Å². The van der Waals surface area contributed by atoms with Gasteiger partial charge in [-0.25, -0.2) is 8.42 Å². The smallest absolute Gasteiger partial charge is 0.124 e. The van der Waals surface area contributed by atoms with Crippen molar-refractivity contribution in [2.24, 2.45) is 0 Å². The molecule has 0 unspecified atom stereocenters. The van der Waals surface area contributed by atoms with Crippen LogP contribution in [0.5, 0.6) is 0 Å². The van der Waals surface area contributed by atoms with Crippen molar-refractivity contribution < 1.29 is 17.5 Å². The second-order valence-corrected chi connectivity index (χ2v) is 7.14. The first-order chi connectivity index (χ1) is 9.27. The van der Waals surface area contributed by atoms with Gasteiger partial charge in [0.1, 0.15) is 10.1 Å². The van der Waals surface area contributed by atoms with E-state index in [0.29, 0.717) is 0 Å². The molecule has 1 heterocycles. The molecule has 0 radical (unpaired) electrons. The fraction of sp³-hybridized carbons (Fsp3) is 0.600. The maximum Gasteiger partial charge on any atom is 0.124 e. The summed E-state index contributed by atoms with van der Waals surface area (Å²) < 4.78 is 32.5. The molecule has 114 valence electrons. The van der Waals surface area contributed by atoms with E-state index in [9.17, 15) is 13.0 Å². The molecule has 1 aliphatic rings. The number of hydrogen-bond donors (Lipinski definition) is 0. The second kappa shape index (κ2) is 7.20. The molecule has 1 aromatic rings. The van der Waals surface area contributed by atoms with E-state index in [2.05, 4.69) is 14.0 Å². The standard InChI is InChI=1S/C8H18N.C7H8O3S/c1-3-6-9(2)7-4-5-8-9;1-6-2-4-7(5-3-6)11(8,9)10/h3-8H2,1-2H3;2-5H,1H3,(H,8,9,10)/q+1;/p-1. The Balaban J connectivity index is 0.000000204. The fourth-order valence-corrected chi connectivity index (χ4v) is 3.04. The number of benzene rings is 1. The molecule has 1 saturated heterocycles. The van der Waals surface area contributed by atoms with Crippen LogP contribution in [-0.2, 0) is 10.1 Å². The Labute approximate surface area is 122 Å². The monoisotopic (exact) mass is 299 g/mol. The average molecular weight is 299 g/mol. The molecule has 2 rings (SSSR count). The quantitative estimate of drug-likeness (QED) is 0.636. The van der Waals surface area contributed by atoms with Gasteiger partial charge >= 0.3 is 0 Å². The van der Waals surface area contributed by atoms with Gasteiger partial charge in [0.05, 0.1) is 31.6 Å². The first kappa shape index (κ1) is 17.1. The highest BCUT2D eigenvalue weighted by molar-refractivity contribution is 7.85. The van der Waals surface area contributed by atoms with Crippen molar-refractivity contribution in [1.29, 1.82) is 0 Å². The number of rotatable bonds is 3. The zero-order chi connectivity index (χ0) is 15.2. The molecule has 0 aliphatic carbocycles. The Morgan fingerprint density at radius 2 is 1.65 bits per heavy atom. The molecule has 1 aliphatic heterocycles. The van der Waals surface area contributed by atoms with Gasteiger partial charge in [0, 0.05) is 12.8 Å². The average Bonchev–Trinajstić information content (AvgIpc) is 2.76. The molecule has 1 fully saturated rings. The van der Waals surface area contributed by atoms with E-state index in [1.54, 1.807) is 12.1 Å². The van der Waals surface area contributed by atoms with Gasteiger partial charge in [0.15, 0.2) is 0 Å². The number of aryl methyl sites for hydroxylation is 1. The van der Waals surface area contributed by atoms with Gasteiger partial charge in [0.25, 0.3) is 0 Å². The van der Waals surface area contributed by atoms with Gasteiger partial charge < -0.3 is 9.04 Å². The zero-order valence-corrected chi connectivity index (χ0v) is 13.4. The van der Waals surface area contributed by atoms with Crippen LogP contribution in [0.2, 0.25) is 0 Å². The maximum absolute atomic E-state index is 10.4. The third-order valence-corrected chi connectivity index (χ3v) is 4.57. The lowest BCUT2D eigenvalue weighted by molar-refractivity contribution is -0.897. The van der Waals surface area contributed by atoms with Gasteiger partial charge in [-0.2, -0.15) is 0 Å². The van der Waals surface area contributed by atoms with Gasteiger partial charge in [-0.05, 0) is 25.5 Å². The van der Waals surface area contributed by atoms with E-state index >= 15 is 0 Å². The Kier molecular flexibility index (Phi) is 6.17. The van der Waals surface area contributed by atoms with Gasteiger partial charge in [-0.15, -0.1) is 0 Å². The van der Waals surface area contributed by atoms with Gasteiger partial charge in [0.2, 0.25) is 0 Å². The number of hydrogen-bond acceptors (Lipinski definition) is 3. The topological polar surface area (TPSA) is 57.2 Å². The maximum atomic E-state index is 10.4. The summed E-state index contributed by atoms with van der Waals surface area (Å²) in [6.07, 6.45) is 4.25. The van der Waals surface area contributed by atoms with Crippen LogP contribution in [0.4, 0.5) is 0 Å². The minimum absolute atomic E-state index is 0.178. The molecule has 0 N–H and O–H groups in total. The normalized spacial score (nSPS) is 17.4. The van der Waals surface area contributed by atoms with Crippen molar-refractivity contribution in [3.63, 3.8) is 0 Å². The molecule has 0 atom stereocenters. The molecule has 5 heteroatoms. The Hall–Kier alpha value is -0.910. The Morgan fingerprint density at radius 1 is 1.15 bits per heavy atom. The van der Waals surface area contributed by atoms with Crippen molar-refractivity contribution >= 4 is 10.1 Å². The van der Waals surface area contributed by atoms with Crippen molar-refractivity contribution in [1.82, 2.24) is 0 Å². The summed E-state index contributed by atoms with van der Waals surface area (Å²) in [5.41, 5.74) is 0.928. The highest BCUT2D eigenvalue weighted by atomic mass is 32.2. The van der Waals surface area contributed by atoms with Crippen LogP contribution in [0.3, 0.4) is 0 Å². The van der Waals surface area contributed by atoms with Gasteiger partial charge in [-0.1, -0.05) is 24.6 Å². The van der Waals surface area contributed by atoms with E-state index in [4.69, 9.17) is 0 Å². The molecular formula is C15H25NO3S. The molecule has 0 bridgehead atoms. The van der Waals surface area contributed by atoms with Crippen molar-refractivity contribution in [3.8, 4) is 0 Å². The molecular weight excluding hydrogens is 274 g/mol. The third kappa shape index (κ3) is 5.61. The minimum Gasteiger partial charge on any atom is -0.744 e. The van der Waals surface area contributed by atoms with Crippen LogP contribution in [0.1, 0.15) is 31.7 Å². The summed E-state index contributed by atoms with van der Waals surface area (Å²) >= 11 is 0. The van der Waals surface area contributed by atoms with E-state index in [1.165, 1.54) is 55.5 Å². The van der Waals surface area contributed by atoms with E-state index < -0.39 is 10.1 Å². The predicted octanol–water partition coefficient (Wildman–Crippen LogP) is 2.54. The molecule has 0 saturated carbocycles. The second-order valence-electron chi connectivity index (χ2n) is 5.76. The summed E-state index contributed by atoms with van der Waals surface area (Å²) in [5.74, 6) is 0. The van der Waals surface area contributed by atoms with Crippen LogP contribution in [0.25, 0.3) is 0 Å². The number of quaternary nitrogens is 1. The van der Waals surface area contributed by atoms with Crippen LogP contribution in [0, 0.1) is 6.92 Å². The van der Waals surface area contributed by atoms with E-state index in [1.807, 2.05) is 6.92 Å². The Morgan fingerprint density at radius 3 is 2.05 bits per heavy atom. The third-order valence-electron chi connectivity index (χ3n) is 3.72. The highest BCUT2D eigenvalue weighted by Crippen LogP contribution is 2.16. The van der Waals surface area contributed by atoms with E-state index in [-0.39, 0.29) is 4.90 Å². The fourth-order valence-electron chi connectivity index (χ4n) is 2.57. The molecule has 20 heavy (non-hydrogen) atoms. The van der Waals surface area contributed by atoms with Gasteiger partial charge in [-0.3, -0.25) is 0 Å². The van der Waals surface area contributed by atoms with Crippen LogP contribution in [-0.4, -0.2) is 44.1 Å². The summed E-state index contributed by atoms with van der Waals surface area (Å²) in [6.45, 7) is 8.34. The van der Waals surface area contributed by atoms with Crippen molar-refractivity contribution in [2.75, 3.05) is 26.7 Å². The first-order valence-corrected chi connectivity index (χ1v) is 8.54. The molecule has 0 amide bonds. The van der Waals surface area contributed by atoms with Crippen molar-refractivity contribution in [2.45, 2.75) is 38.0 Å².